The Kier molecular flexibility index (Phi) is 5.83. The molecule has 17 heavy (non-hydrogen) atoms. The van der Waals surface area contributed by atoms with Gasteiger partial charge in [0.25, 0.3) is 0 Å². The SMILES string of the molecule is C[CH2][Ge]([CH2]C)([CH2]C)[O]/C(C)=C\c1ccccc1. The van der Waals surface area contributed by atoms with Crippen LogP contribution in [0.1, 0.15) is 33.3 Å². The van der Waals surface area contributed by atoms with Crippen LogP contribution in [-0.4, -0.2) is 13.6 Å². The molecule has 0 radical (unpaired) electrons. The predicted molar refractivity (Wildman–Crippen MR) is 78.4 cm³/mol. The van der Waals surface area contributed by atoms with Crippen LogP contribution in [0, 0.1) is 0 Å². The minimum atomic E-state index is -2.03. The second-order valence-electron chi connectivity index (χ2n) is 4.51. The van der Waals surface area contributed by atoms with Gasteiger partial charge >= 0.3 is 109 Å². The first-order valence-electron chi connectivity index (χ1n) is 6.58. The summed E-state index contributed by atoms with van der Waals surface area (Å²) in [5.74, 6) is 1.08. The van der Waals surface area contributed by atoms with Crippen molar-refractivity contribution in [2.24, 2.45) is 0 Å². The van der Waals surface area contributed by atoms with Crippen LogP contribution in [0.5, 0.6) is 0 Å². The maximum absolute atomic E-state index is 6.34. The Balaban J connectivity index is 2.77. The zero-order valence-electron chi connectivity index (χ0n) is 11.5. The summed E-state index contributed by atoms with van der Waals surface area (Å²) in [6.07, 6.45) is 2.15. The molecule has 0 aromatic heterocycles. The van der Waals surface area contributed by atoms with E-state index < -0.39 is 13.6 Å². The van der Waals surface area contributed by atoms with Crippen LogP contribution >= 0.6 is 0 Å². The van der Waals surface area contributed by atoms with Gasteiger partial charge in [-0.3, -0.25) is 0 Å². The average molecular weight is 293 g/mol. The Morgan fingerprint density at radius 3 is 2.06 bits per heavy atom. The van der Waals surface area contributed by atoms with E-state index in [0.29, 0.717) is 0 Å². The normalized spacial score (nSPS) is 12.6. The molecule has 0 bridgehead atoms. The van der Waals surface area contributed by atoms with Gasteiger partial charge in [0, 0.05) is 0 Å². The van der Waals surface area contributed by atoms with Crippen LogP contribution in [0.25, 0.3) is 6.08 Å². The van der Waals surface area contributed by atoms with Gasteiger partial charge in [-0.2, -0.15) is 0 Å². The van der Waals surface area contributed by atoms with E-state index >= 15 is 0 Å². The number of allylic oxidation sites excluding steroid dienone is 1. The fourth-order valence-corrected chi connectivity index (χ4v) is 7.73. The summed E-state index contributed by atoms with van der Waals surface area (Å²) in [4.78, 5) is 0. The van der Waals surface area contributed by atoms with E-state index in [1.54, 1.807) is 0 Å². The first-order chi connectivity index (χ1) is 8.15. The molecule has 1 rings (SSSR count). The average Bonchev–Trinajstić information content (AvgIpc) is 2.37. The summed E-state index contributed by atoms with van der Waals surface area (Å²) in [5.41, 5.74) is 1.23. The molecule has 0 aliphatic heterocycles. The summed E-state index contributed by atoms with van der Waals surface area (Å²) in [7, 11) is 0. The van der Waals surface area contributed by atoms with Gasteiger partial charge in [-0.25, -0.2) is 0 Å². The third kappa shape index (κ3) is 4.23. The molecule has 0 aliphatic carbocycles. The van der Waals surface area contributed by atoms with Crippen molar-refractivity contribution >= 4 is 19.7 Å². The molecule has 0 amide bonds. The molecule has 1 aromatic rings. The van der Waals surface area contributed by atoms with E-state index in [9.17, 15) is 0 Å². The molecule has 0 unspecified atom stereocenters. The van der Waals surface area contributed by atoms with E-state index in [1.165, 1.54) is 21.3 Å². The zero-order valence-corrected chi connectivity index (χ0v) is 13.6. The minimum absolute atomic E-state index is 1.08. The van der Waals surface area contributed by atoms with Crippen LogP contribution in [0.15, 0.2) is 36.1 Å². The molecule has 0 spiro atoms. The van der Waals surface area contributed by atoms with Gasteiger partial charge in [0.2, 0.25) is 0 Å². The van der Waals surface area contributed by atoms with Gasteiger partial charge < -0.3 is 0 Å². The Hall–Kier alpha value is -0.697. The van der Waals surface area contributed by atoms with Gasteiger partial charge in [-0.05, 0) is 0 Å². The Morgan fingerprint density at radius 1 is 1.06 bits per heavy atom. The molecule has 2 heteroatoms. The van der Waals surface area contributed by atoms with Crippen LogP contribution in [-0.2, 0) is 3.76 Å². The van der Waals surface area contributed by atoms with E-state index in [0.717, 1.165) is 5.76 Å². The molecule has 1 aromatic carbocycles. The van der Waals surface area contributed by atoms with E-state index in [1.807, 2.05) is 6.07 Å². The third-order valence-corrected chi connectivity index (χ3v) is 13.2. The molecule has 0 atom stereocenters. The topological polar surface area (TPSA) is 9.23 Å². The fourth-order valence-electron chi connectivity index (χ4n) is 2.12. The van der Waals surface area contributed by atoms with E-state index in [2.05, 4.69) is 58.0 Å². The Labute approximate surface area is 109 Å². The predicted octanol–water partition coefficient (Wildman–Crippen LogP) is 5.07. The molecule has 0 fully saturated rings. The summed E-state index contributed by atoms with van der Waals surface area (Å²) in [6, 6.07) is 10.4. The van der Waals surface area contributed by atoms with Crippen molar-refractivity contribution in [2.45, 2.75) is 43.5 Å². The molecule has 0 saturated carbocycles. The maximum atomic E-state index is 6.34. The molecule has 0 N–H and O–H groups in total. The first-order valence-corrected chi connectivity index (χ1v) is 11.9. The second kappa shape index (κ2) is 6.90. The van der Waals surface area contributed by atoms with Crippen molar-refractivity contribution in [3.8, 4) is 0 Å². The number of hydrogen-bond donors (Lipinski definition) is 0. The monoisotopic (exact) mass is 294 g/mol. The van der Waals surface area contributed by atoms with Crippen LogP contribution in [0.3, 0.4) is 0 Å². The summed E-state index contributed by atoms with van der Waals surface area (Å²) >= 11 is -2.03. The van der Waals surface area contributed by atoms with Crippen molar-refractivity contribution in [3.05, 3.63) is 41.7 Å². The first kappa shape index (κ1) is 14.4. The van der Waals surface area contributed by atoms with Crippen LogP contribution in [0.4, 0.5) is 0 Å². The summed E-state index contributed by atoms with van der Waals surface area (Å²) in [5, 5.41) is 3.73. The molecule has 0 heterocycles. The van der Waals surface area contributed by atoms with Crippen molar-refractivity contribution in [1.82, 2.24) is 0 Å². The molecule has 0 aliphatic rings. The van der Waals surface area contributed by atoms with E-state index in [-0.39, 0.29) is 0 Å². The van der Waals surface area contributed by atoms with Gasteiger partial charge in [0.1, 0.15) is 0 Å². The summed E-state index contributed by atoms with van der Waals surface area (Å²) < 4.78 is 6.34. The Bertz CT molecular complexity index is 344. The van der Waals surface area contributed by atoms with Crippen molar-refractivity contribution in [3.63, 3.8) is 0 Å². The van der Waals surface area contributed by atoms with Crippen molar-refractivity contribution < 1.29 is 3.76 Å². The zero-order chi connectivity index (χ0) is 12.7. The second-order valence-corrected chi connectivity index (χ2v) is 14.4. The molecule has 94 valence electrons. The Morgan fingerprint density at radius 2 is 1.59 bits per heavy atom. The molecular weight excluding hydrogens is 269 g/mol. The number of benzene rings is 1. The number of hydrogen-bond acceptors (Lipinski definition) is 1. The third-order valence-electron chi connectivity index (χ3n) is 3.48. The molecule has 1 nitrogen and oxygen atoms in total. The molecule has 0 saturated heterocycles. The quantitative estimate of drug-likeness (QED) is 0.525. The van der Waals surface area contributed by atoms with Crippen molar-refractivity contribution in [1.29, 1.82) is 0 Å². The fraction of sp³-hybridized carbons (Fsp3) is 0.467. The molecular formula is C15H24GeO. The van der Waals surface area contributed by atoms with Gasteiger partial charge in [0.05, 0.1) is 0 Å². The van der Waals surface area contributed by atoms with Crippen molar-refractivity contribution in [2.75, 3.05) is 0 Å². The van der Waals surface area contributed by atoms with Gasteiger partial charge in [-0.1, -0.05) is 0 Å². The van der Waals surface area contributed by atoms with E-state index in [4.69, 9.17) is 3.76 Å². The standard InChI is InChI=1S/C15H24GeO/c1-5-16(6-2,7-3)17-14(4)13-15-11-9-8-10-12-15/h8-13H,5-7H2,1-4H3/b14-13-. The number of rotatable bonds is 6. The van der Waals surface area contributed by atoms with Gasteiger partial charge in [-0.15, -0.1) is 0 Å². The van der Waals surface area contributed by atoms with Gasteiger partial charge in [0.15, 0.2) is 0 Å². The summed E-state index contributed by atoms with van der Waals surface area (Å²) in [6.45, 7) is 8.93. The van der Waals surface area contributed by atoms with Crippen LogP contribution < -0.4 is 0 Å². The van der Waals surface area contributed by atoms with Crippen LogP contribution in [0.2, 0.25) is 15.8 Å².